The topological polar surface area (TPSA) is 79.4 Å². The highest BCUT2D eigenvalue weighted by Crippen LogP contribution is 2.33. The van der Waals surface area contributed by atoms with Gasteiger partial charge in [-0.25, -0.2) is 13.4 Å². The highest BCUT2D eigenvalue weighted by molar-refractivity contribution is 7.91. The minimum absolute atomic E-state index is 0.272. The minimum atomic E-state index is -3.65. The Balaban J connectivity index is 1.59. The molecule has 1 aliphatic rings. The Labute approximate surface area is 165 Å². The lowest BCUT2D eigenvalue weighted by Gasteiger charge is -2.22. The van der Waals surface area contributed by atoms with Gasteiger partial charge >= 0.3 is 0 Å². The number of aromatic nitrogens is 1. The third kappa shape index (κ3) is 3.29. The first-order valence-electron chi connectivity index (χ1n) is 8.61. The number of hydrogen-bond donors (Lipinski definition) is 1. The smallest absolute Gasteiger partial charge is 0.253 e. The van der Waals surface area contributed by atoms with Crippen molar-refractivity contribution in [2.45, 2.75) is 36.9 Å². The molecule has 0 saturated carbocycles. The maximum Gasteiger partial charge on any atom is 0.253 e. The highest BCUT2D eigenvalue weighted by Gasteiger charge is 2.40. The third-order valence-corrected chi connectivity index (χ3v) is 9.12. The maximum absolute atomic E-state index is 12.8. The molecule has 0 aliphatic carbocycles. The summed E-state index contributed by atoms with van der Waals surface area (Å²) in [6, 6.07) is 6.62. The second-order valence-corrected chi connectivity index (χ2v) is 10.7. The van der Waals surface area contributed by atoms with Crippen LogP contribution in [0.5, 0.6) is 0 Å². The molecular formula is C18H19N3O3S3. The fourth-order valence-electron chi connectivity index (χ4n) is 3.32. The van der Waals surface area contributed by atoms with E-state index in [2.05, 4.69) is 10.3 Å². The second kappa shape index (κ2) is 6.97. The molecular weight excluding hydrogens is 402 g/mol. The van der Waals surface area contributed by atoms with Crippen molar-refractivity contribution in [3.8, 4) is 0 Å². The number of carbonyl (C=O) groups excluding carboxylic acids is 1. The van der Waals surface area contributed by atoms with Crippen LogP contribution < -0.4 is 5.32 Å². The molecule has 142 valence electrons. The van der Waals surface area contributed by atoms with Crippen molar-refractivity contribution in [3.63, 3.8) is 0 Å². The number of sulfonamides is 1. The summed E-state index contributed by atoms with van der Waals surface area (Å²) in [4.78, 5) is 17.4. The summed E-state index contributed by atoms with van der Waals surface area (Å²) in [5.41, 5.74) is 3.04. The van der Waals surface area contributed by atoms with E-state index in [1.165, 1.54) is 27.0 Å². The van der Waals surface area contributed by atoms with Crippen LogP contribution in [0.15, 0.2) is 33.9 Å². The molecule has 1 fully saturated rings. The van der Waals surface area contributed by atoms with Gasteiger partial charge in [-0.1, -0.05) is 29.5 Å². The number of rotatable bonds is 4. The van der Waals surface area contributed by atoms with Gasteiger partial charge < -0.3 is 5.32 Å². The molecule has 3 heterocycles. The van der Waals surface area contributed by atoms with E-state index < -0.39 is 16.1 Å². The fourth-order valence-corrected chi connectivity index (χ4v) is 7.11. The first kappa shape index (κ1) is 18.5. The molecule has 1 amide bonds. The number of nitrogens with one attached hydrogen (secondary N) is 1. The lowest BCUT2D eigenvalue weighted by atomic mass is 10.1. The molecule has 9 heteroatoms. The van der Waals surface area contributed by atoms with Crippen LogP contribution in [-0.2, 0) is 14.8 Å². The van der Waals surface area contributed by atoms with E-state index in [1.54, 1.807) is 17.5 Å². The summed E-state index contributed by atoms with van der Waals surface area (Å²) in [5.74, 6) is -0.318. The monoisotopic (exact) mass is 421 g/mol. The molecule has 0 unspecified atom stereocenters. The van der Waals surface area contributed by atoms with Crippen LogP contribution in [0.4, 0.5) is 5.13 Å². The Bertz CT molecular complexity index is 1060. The lowest BCUT2D eigenvalue weighted by molar-refractivity contribution is -0.119. The van der Waals surface area contributed by atoms with E-state index in [-0.39, 0.29) is 10.1 Å². The number of carbonyl (C=O) groups is 1. The zero-order valence-corrected chi connectivity index (χ0v) is 17.4. The van der Waals surface area contributed by atoms with Crippen molar-refractivity contribution in [2.75, 3.05) is 11.9 Å². The van der Waals surface area contributed by atoms with Crippen LogP contribution in [0.2, 0.25) is 0 Å². The largest absolute Gasteiger partial charge is 0.301 e. The van der Waals surface area contributed by atoms with Crippen LogP contribution in [0.1, 0.15) is 24.0 Å². The molecule has 6 nitrogen and oxygen atoms in total. The Morgan fingerprint density at radius 2 is 2.04 bits per heavy atom. The standard InChI is InChI=1S/C18H19N3O3S3/c1-11-7-8-12(2)16-15(11)19-18(26-16)20-17(22)13-5-3-9-21(13)27(23,24)14-6-4-10-25-14/h4,6-8,10,13H,3,5,9H2,1-2H3,(H,19,20,22)/t13-/m1/s1. The number of thiophene rings is 1. The van der Waals surface area contributed by atoms with Gasteiger partial charge in [-0.3, -0.25) is 4.79 Å². The van der Waals surface area contributed by atoms with E-state index in [9.17, 15) is 13.2 Å². The Morgan fingerprint density at radius 3 is 2.74 bits per heavy atom. The van der Waals surface area contributed by atoms with Crippen LogP contribution >= 0.6 is 22.7 Å². The first-order valence-corrected chi connectivity index (χ1v) is 11.7. The number of benzene rings is 1. The highest BCUT2D eigenvalue weighted by atomic mass is 32.2. The molecule has 0 bridgehead atoms. The summed E-state index contributed by atoms with van der Waals surface area (Å²) in [6.45, 7) is 4.35. The quantitative estimate of drug-likeness (QED) is 0.695. The molecule has 1 atom stereocenters. The van der Waals surface area contributed by atoms with E-state index >= 15 is 0 Å². The Morgan fingerprint density at radius 1 is 1.26 bits per heavy atom. The molecule has 1 aromatic carbocycles. The van der Waals surface area contributed by atoms with Crippen LogP contribution in [0.3, 0.4) is 0 Å². The minimum Gasteiger partial charge on any atom is -0.301 e. The number of anilines is 1. The van der Waals surface area contributed by atoms with Gasteiger partial charge in [-0.2, -0.15) is 4.31 Å². The number of amides is 1. The van der Waals surface area contributed by atoms with Crippen LogP contribution in [0.25, 0.3) is 10.2 Å². The normalized spacial score (nSPS) is 18.2. The van der Waals surface area contributed by atoms with Crippen molar-refractivity contribution in [3.05, 3.63) is 40.8 Å². The summed E-state index contributed by atoms with van der Waals surface area (Å²) >= 11 is 2.59. The van der Waals surface area contributed by atoms with Crippen molar-refractivity contribution >= 4 is 54.0 Å². The molecule has 1 aliphatic heterocycles. The Kier molecular flexibility index (Phi) is 4.79. The zero-order valence-electron chi connectivity index (χ0n) is 14.9. The molecule has 27 heavy (non-hydrogen) atoms. The lowest BCUT2D eigenvalue weighted by Crippen LogP contribution is -2.42. The van der Waals surface area contributed by atoms with Gasteiger partial charge in [0.25, 0.3) is 10.0 Å². The van der Waals surface area contributed by atoms with Crippen molar-refractivity contribution in [1.29, 1.82) is 0 Å². The van der Waals surface area contributed by atoms with Gasteiger partial charge in [0.1, 0.15) is 10.3 Å². The first-order chi connectivity index (χ1) is 12.9. The third-order valence-electron chi connectivity index (χ3n) is 4.74. The van der Waals surface area contributed by atoms with Crippen LogP contribution in [0, 0.1) is 13.8 Å². The number of thiazole rings is 1. The average molecular weight is 422 g/mol. The Hall–Kier alpha value is -1.81. The summed E-state index contributed by atoms with van der Waals surface area (Å²) in [7, 11) is -3.65. The van der Waals surface area contributed by atoms with Gasteiger partial charge in [-0.05, 0) is 49.3 Å². The van der Waals surface area contributed by atoms with Crippen molar-refractivity contribution in [1.82, 2.24) is 9.29 Å². The number of aryl methyl sites for hydroxylation is 2. The molecule has 1 N–H and O–H groups in total. The van der Waals surface area contributed by atoms with Crippen LogP contribution in [-0.4, -0.2) is 36.2 Å². The van der Waals surface area contributed by atoms with Gasteiger partial charge in [0.15, 0.2) is 5.13 Å². The van der Waals surface area contributed by atoms with Gasteiger partial charge in [0, 0.05) is 6.54 Å². The summed E-state index contributed by atoms with van der Waals surface area (Å²) < 4.78 is 28.3. The SMILES string of the molecule is Cc1ccc(C)c2sc(NC(=O)[C@H]3CCCN3S(=O)(=O)c3cccs3)nc12. The van der Waals surface area contributed by atoms with E-state index in [0.29, 0.717) is 24.5 Å². The van der Waals surface area contributed by atoms with E-state index in [4.69, 9.17) is 0 Å². The molecule has 4 rings (SSSR count). The number of nitrogens with zero attached hydrogens (tertiary/aromatic N) is 2. The molecule has 0 radical (unpaired) electrons. The molecule has 1 saturated heterocycles. The summed E-state index contributed by atoms with van der Waals surface area (Å²) in [5, 5.41) is 5.07. The average Bonchev–Trinajstić information content (AvgIpc) is 3.38. The molecule has 3 aromatic rings. The number of fused-ring (bicyclic) bond motifs is 1. The van der Waals surface area contributed by atoms with Crippen molar-refractivity contribution < 1.29 is 13.2 Å². The van der Waals surface area contributed by atoms with E-state index in [1.807, 2.05) is 26.0 Å². The zero-order chi connectivity index (χ0) is 19.2. The van der Waals surface area contributed by atoms with Gasteiger partial charge in [0.2, 0.25) is 5.91 Å². The molecule has 0 spiro atoms. The maximum atomic E-state index is 12.8. The fraction of sp³-hybridized carbons (Fsp3) is 0.333. The summed E-state index contributed by atoms with van der Waals surface area (Å²) in [6.07, 6.45) is 1.18. The second-order valence-electron chi connectivity index (χ2n) is 6.59. The molecule has 2 aromatic heterocycles. The van der Waals surface area contributed by atoms with E-state index in [0.717, 1.165) is 21.3 Å². The predicted octanol–water partition coefficient (Wildman–Crippen LogP) is 3.77. The van der Waals surface area contributed by atoms with Gasteiger partial charge in [0.05, 0.1) is 10.2 Å². The van der Waals surface area contributed by atoms with Gasteiger partial charge in [-0.15, -0.1) is 11.3 Å². The van der Waals surface area contributed by atoms with Crippen molar-refractivity contribution in [2.24, 2.45) is 0 Å². The number of hydrogen-bond acceptors (Lipinski definition) is 6. The predicted molar refractivity (Wildman–Crippen MR) is 109 cm³/mol.